The van der Waals surface area contributed by atoms with Gasteiger partial charge < -0.3 is 14.7 Å². The Labute approximate surface area is 119 Å². The monoisotopic (exact) mass is 275 g/mol. The summed E-state index contributed by atoms with van der Waals surface area (Å²) in [4.78, 5) is 13.9. The average molecular weight is 275 g/mol. The van der Waals surface area contributed by atoms with Gasteiger partial charge in [0.25, 0.3) is 0 Å². The number of aliphatic hydroxyl groups excluding tert-OH is 1. The van der Waals surface area contributed by atoms with Crippen LogP contribution in [0.3, 0.4) is 0 Å². The first-order valence-corrected chi connectivity index (χ1v) is 7.27. The first-order chi connectivity index (χ1) is 9.71. The van der Waals surface area contributed by atoms with E-state index in [4.69, 9.17) is 9.84 Å². The Morgan fingerprint density at radius 2 is 2.10 bits per heavy atom. The van der Waals surface area contributed by atoms with E-state index < -0.39 is 0 Å². The molecule has 20 heavy (non-hydrogen) atoms. The molecule has 1 spiro atoms. The lowest BCUT2D eigenvalue weighted by molar-refractivity contribution is 0.0220. The summed E-state index contributed by atoms with van der Waals surface area (Å²) in [6, 6.07) is 9.74. The fourth-order valence-corrected chi connectivity index (χ4v) is 3.53. The smallest absolute Gasteiger partial charge is 0.410 e. The van der Waals surface area contributed by atoms with Crippen LogP contribution in [-0.4, -0.2) is 35.8 Å². The Morgan fingerprint density at radius 3 is 2.80 bits per heavy atom. The lowest BCUT2D eigenvalue weighted by Crippen LogP contribution is -2.42. The van der Waals surface area contributed by atoms with Gasteiger partial charge in [-0.1, -0.05) is 30.3 Å². The Bertz CT molecular complexity index is 468. The van der Waals surface area contributed by atoms with Crippen molar-refractivity contribution in [3.05, 3.63) is 35.9 Å². The summed E-state index contributed by atoms with van der Waals surface area (Å²) in [6.45, 7) is 2.19. The standard InChI is InChI=1S/C16H21NO3/c18-10-14-8-16(9-14)6-7-17(12-16)15(19)20-11-13-4-2-1-3-5-13/h1-5,14,18H,6-12H2. The fourth-order valence-electron chi connectivity index (χ4n) is 3.53. The average Bonchev–Trinajstić information content (AvgIpc) is 2.89. The fraction of sp³-hybridized carbons (Fsp3) is 0.562. The normalized spacial score (nSPS) is 28.4. The first-order valence-electron chi connectivity index (χ1n) is 7.27. The molecule has 4 nitrogen and oxygen atoms in total. The number of benzene rings is 1. The predicted octanol–water partition coefficient (Wildman–Crippen LogP) is 2.42. The van der Waals surface area contributed by atoms with E-state index in [9.17, 15) is 4.79 Å². The third kappa shape index (κ3) is 2.66. The van der Waals surface area contributed by atoms with Crippen molar-refractivity contribution in [3.8, 4) is 0 Å². The minimum atomic E-state index is -0.210. The molecule has 1 heterocycles. The maximum atomic E-state index is 12.1. The van der Waals surface area contributed by atoms with E-state index in [0.29, 0.717) is 12.5 Å². The summed E-state index contributed by atoms with van der Waals surface area (Å²) >= 11 is 0. The Hall–Kier alpha value is -1.55. The number of likely N-dealkylation sites (tertiary alicyclic amines) is 1. The third-order valence-corrected chi connectivity index (χ3v) is 4.60. The highest BCUT2D eigenvalue weighted by atomic mass is 16.6. The van der Waals surface area contributed by atoms with Gasteiger partial charge in [-0.05, 0) is 36.2 Å². The molecule has 0 atom stereocenters. The van der Waals surface area contributed by atoms with Gasteiger partial charge in [0.1, 0.15) is 6.61 Å². The van der Waals surface area contributed by atoms with Crippen LogP contribution in [0.5, 0.6) is 0 Å². The zero-order valence-electron chi connectivity index (χ0n) is 11.6. The highest BCUT2D eigenvalue weighted by Crippen LogP contribution is 2.51. The van der Waals surface area contributed by atoms with Crippen LogP contribution in [0.2, 0.25) is 0 Å². The third-order valence-electron chi connectivity index (χ3n) is 4.60. The molecule has 1 saturated carbocycles. The van der Waals surface area contributed by atoms with Crippen molar-refractivity contribution in [2.75, 3.05) is 19.7 Å². The van der Waals surface area contributed by atoms with Crippen LogP contribution in [0.4, 0.5) is 4.79 Å². The number of hydrogen-bond donors (Lipinski definition) is 1. The van der Waals surface area contributed by atoms with E-state index in [-0.39, 0.29) is 18.1 Å². The summed E-state index contributed by atoms with van der Waals surface area (Å²) in [5.41, 5.74) is 1.28. The van der Waals surface area contributed by atoms with Gasteiger partial charge in [0.15, 0.2) is 0 Å². The van der Waals surface area contributed by atoms with Crippen LogP contribution in [0.15, 0.2) is 30.3 Å². The molecule has 1 saturated heterocycles. The maximum absolute atomic E-state index is 12.1. The number of aliphatic hydroxyl groups is 1. The van der Waals surface area contributed by atoms with E-state index in [2.05, 4.69) is 0 Å². The molecule has 0 radical (unpaired) electrons. The van der Waals surface area contributed by atoms with Crippen molar-refractivity contribution in [2.45, 2.75) is 25.9 Å². The molecule has 2 aliphatic rings. The number of carbonyl (C=O) groups is 1. The molecule has 1 aliphatic carbocycles. The van der Waals surface area contributed by atoms with Crippen LogP contribution in [0.25, 0.3) is 0 Å². The topological polar surface area (TPSA) is 49.8 Å². The van der Waals surface area contributed by atoms with Gasteiger partial charge >= 0.3 is 6.09 Å². The molecule has 108 valence electrons. The predicted molar refractivity (Wildman–Crippen MR) is 75.1 cm³/mol. The molecular formula is C16H21NO3. The second-order valence-corrected chi connectivity index (χ2v) is 6.17. The van der Waals surface area contributed by atoms with Crippen molar-refractivity contribution in [1.82, 2.24) is 4.90 Å². The van der Waals surface area contributed by atoms with Crippen molar-refractivity contribution < 1.29 is 14.6 Å². The van der Waals surface area contributed by atoms with Gasteiger partial charge in [-0.15, -0.1) is 0 Å². The van der Waals surface area contributed by atoms with Gasteiger partial charge in [-0.3, -0.25) is 0 Å². The number of ether oxygens (including phenoxy) is 1. The summed E-state index contributed by atoms with van der Waals surface area (Å²) in [6.07, 6.45) is 2.93. The minimum Gasteiger partial charge on any atom is -0.445 e. The molecule has 3 rings (SSSR count). The Morgan fingerprint density at radius 1 is 1.35 bits per heavy atom. The molecule has 1 aromatic rings. The molecule has 2 fully saturated rings. The number of amides is 1. The zero-order valence-corrected chi connectivity index (χ0v) is 11.6. The van der Waals surface area contributed by atoms with E-state index in [1.165, 1.54) is 0 Å². The number of hydrogen-bond acceptors (Lipinski definition) is 3. The van der Waals surface area contributed by atoms with Crippen molar-refractivity contribution in [2.24, 2.45) is 11.3 Å². The Kier molecular flexibility index (Phi) is 3.66. The largest absolute Gasteiger partial charge is 0.445 e. The summed E-state index contributed by atoms with van der Waals surface area (Å²) < 4.78 is 5.36. The van der Waals surface area contributed by atoms with Crippen molar-refractivity contribution in [1.29, 1.82) is 0 Å². The van der Waals surface area contributed by atoms with Crippen LogP contribution < -0.4 is 0 Å². The summed E-state index contributed by atoms with van der Waals surface area (Å²) in [5, 5.41) is 9.11. The van der Waals surface area contributed by atoms with E-state index in [0.717, 1.165) is 37.9 Å². The van der Waals surface area contributed by atoms with Crippen LogP contribution in [0, 0.1) is 11.3 Å². The van der Waals surface area contributed by atoms with Gasteiger partial charge in [0.2, 0.25) is 0 Å². The van der Waals surface area contributed by atoms with E-state index in [1.54, 1.807) is 0 Å². The quantitative estimate of drug-likeness (QED) is 0.921. The molecule has 1 N–H and O–H groups in total. The second kappa shape index (κ2) is 5.44. The van der Waals surface area contributed by atoms with Crippen LogP contribution >= 0.6 is 0 Å². The molecule has 1 amide bonds. The molecule has 0 bridgehead atoms. The van der Waals surface area contributed by atoms with E-state index in [1.807, 2.05) is 35.2 Å². The molecular weight excluding hydrogens is 254 g/mol. The van der Waals surface area contributed by atoms with Crippen molar-refractivity contribution in [3.63, 3.8) is 0 Å². The first kappa shape index (κ1) is 13.4. The number of nitrogens with zero attached hydrogens (tertiary/aromatic N) is 1. The highest BCUT2D eigenvalue weighted by molar-refractivity contribution is 5.68. The molecule has 1 aliphatic heterocycles. The molecule has 0 aromatic heterocycles. The highest BCUT2D eigenvalue weighted by Gasteiger charge is 2.49. The number of carbonyl (C=O) groups excluding carboxylic acids is 1. The summed E-state index contributed by atoms with van der Waals surface area (Å²) in [7, 11) is 0. The number of rotatable bonds is 3. The van der Waals surface area contributed by atoms with Crippen LogP contribution in [-0.2, 0) is 11.3 Å². The van der Waals surface area contributed by atoms with E-state index >= 15 is 0 Å². The lowest BCUT2D eigenvalue weighted by atomic mass is 9.62. The lowest BCUT2D eigenvalue weighted by Gasteiger charge is -2.44. The van der Waals surface area contributed by atoms with Gasteiger partial charge in [0, 0.05) is 19.7 Å². The molecule has 4 heteroatoms. The Balaban J connectivity index is 1.47. The SMILES string of the molecule is O=C(OCc1ccccc1)N1CCC2(CC(CO)C2)C1. The van der Waals surface area contributed by atoms with Gasteiger partial charge in [-0.25, -0.2) is 4.79 Å². The van der Waals surface area contributed by atoms with Gasteiger partial charge in [-0.2, -0.15) is 0 Å². The second-order valence-electron chi connectivity index (χ2n) is 6.17. The molecule has 0 unspecified atom stereocenters. The molecule has 1 aromatic carbocycles. The van der Waals surface area contributed by atoms with Crippen molar-refractivity contribution >= 4 is 6.09 Å². The van der Waals surface area contributed by atoms with Gasteiger partial charge in [0.05, 0.1) is 0 Å². The van der Waals surface area contributed by atoms with Crippen LogP contribution in [0.1, 0.15) is 24.8 Å². The summed E-state index contributed by atoms with van der Waals surface area (Å²) in [5.74, 6) is 0.440. The zero-order chi connectivity index (χ0) is 14.0. The maximum Gasteiger partial charge on any atom is 0.410 e. The minimum absolute atomic E-state index is 0.210.